The van der Waals surface area contributed by atoms with Crippen LogP contribution in [0.1, 0.15) is 30.6 Å². The molecule has 0 fully saturated rings. The second-order valence-electron chi connectivity index (χ2n) is 4.42. The van der Waals surface area contributed by atoms with Crippen LogP contribution in [-0.2, 0) is 4.79 Å². The van der Waals surface area contributed by atoms with Gasteiger partial charge in [-0.2, -0.15) is 0 Å². The fourth-order valence-corrected chi connectivity index (χ4v) is 2.07. The molecule has 7 heteroatoms. The molecule has 0 aliphatic carbocycles. The topological polar surface area (TPSA) is 66.4 Å². The van der Waals surface area contributed by atoms with Gasteiger partial charge in [0.15, 0.2) is 0 Å². The second kappa shape index (κ2) is 6.90. The van der Waals surface area contributed by atoms with E-state index in [9.17, 15) is 14.0 Å². The van der Waals surface area contributed by atoms with E-state index in [2.05, 4.69) is 5.32 Å². The zero-order chi connectivity index (χ0) is 15.4. The summed E-state index contributed by atoms with van der Waals surface area (Å²) in [5.74, 6) is -2.97. The number of nitrogens with one attached hydrogen (secondary N) is 1. The SMILES string of the molecule is CC[C@H](C)[C@H](NC(=O)c1cc(F)c(Cl)cc1Cl)C(=O)O. The lowest BCUT2D eigenvalue weighted by Gasteiger charge is -2.20. The van der Waals surface area contributed by atoms with Gasteiger partial charge >= 0.3 is 5.97 Å². The summed E-state index contributed by atoms with van der Waals surface area (Å²) in [6.45, 7) is 3.50. The summed E-state index contributed by atoms with van der Waals surface area (Å²) < 4.78 is 13.4. The number of rotatable bonds is 5. The Morgan fingerprint density at radius 3 is 2.45 bits per heavy atom. The van der Waals surface area contributed by atoms with E-state index >= 15 is 0 Å². The molecule has 0 aliphatic heterocycles. The fraction of sp³-hybridized carbons (Fsp3) is 0.385. The molecule has 1 aromatic carbocycles. The van der Waals surface area contributed by atoms with E-state index < -0.39 is 23.7 Å². The van der Waals surface area contributed by atoms with Crippen LogP contribution in [0.5, 0.6) is 0 Å². The van der Waals surface area contributed by atoms with Crippen molar-refractivity contribution >= 4 is 35.1 Å². The molecule has 20 heavy (non-hydrogen) atoms. The molecule has 0 saturated heterocycles. The first-order chi connectivity index (χ1) is 9.27. The Morgan fingerprint density at radius 1 is 1.35 bits per heavy atom. The van der Waals surface area contributed by atoms with E-state index in [1.165, 1.54) is 0 Å². The van der Waals surface area contributed by atoms with Crippen LogP contribution < -0.4 is 5.32 Å². The number of hydrogen-bond donors (Lipinski definition) is 2. The number of hydrogen-bond acceptors (Lipinski definition) is 2. The monoisotopic (exact) mass is 321 g/mol. The summed E-state index contributed by atoms with van der Waals surface area (Å²) in [6, 6.07) is 0.921. The van der Waals surface area contributed by atoms with Gasteiger partial charge in [-0.05, 0) is 18.1 Å². The average molecular weight is 322 g/mol. The lowest BCUT2D eigenvalue weighted by Crippen LogP contribution is -2.45. The van der Waals surface area contributed by atoms with E-state index in [1.54, 1.807) is 6.92 Å². The molecule has 4 nitrogen and oxygen atoms in total. The van der Waals surface area contributed by atoms with Crippen LogP contribution in [0.3, 0.4) is 0 Å². The van der Waals surface area contributed by atoms with Crippen LogP contribution in [0, 0.1) is 11.7 Å². The van der Waals surface area contributed by atoms with E-state index in [0.717, 1.165) is 12.1 Å². The number of carbonyl (C=O) groups is 2. The van der Waals surface area contributed by atoms with E-state index in [0.29, 0.717) is 6.42 Å². The molecule has 0 aliphatic rings. The standard InChI is InChI=1S/C13H14Cl2FNO3/c1-3-6(2)11(13(19)20)17-12(18)7-4-10(16)9(15)5-8(7)14/h4-6,11H,3H2,1-2H3,(H,17,18)(H,19,20)/t6-,11-/m0/s1. The lowest BCUT2D eigenvalue weighted by atomic mass is 9.99. The summed E-state index contributed by atoms with van der Waals surface area (Å²) in [4.78, 5) is 23.1. The van der Waals surface area contributed by atoms with E-state index in [-0.39, 0.29) is 21.5 Å². The molecule has 110 valence electrons. The van der Waals surface area contributed by atoms with Gasteiger partial charge in [0.1, 0.15) is 11.9 Å². The number of carboxylic acids is 1. The summed E-state index contributed by atoms with van der Waals surface area (Å²) in [7, 11) is 0. The van der Waals surface area contributed by atoms with Crippen LogP contribution >= 0.6 is 23.2 Å². The molecular weight excluding hydrogens is 308 g/mol. The smallest absolute Gasteiger partial charge is 0.326 e. The Kier molecular flexibility index (Phi) is 5.77. The number of benzene rings is 1. The van der Waals surface area contributed by atoms with Crippen molar-refractivity contribution in [3.05, 3.63) is 33.6 Å². The number of amides is 1. The molecule has 0 aromatic heterocycles. The number of aliphatic carboxylic acids is 1. The Morgan fingerprint density at radius 2 is 1.95 bits per heavy atom. The maximum atomic E-state index is 13.4. The molecule has 1 amide bonds. The largest absolute Gasteiger partial charge is 0.480 e. The first kappa shape index (κ1) is 16.7. The Labute approximate surface area is 125 Å². The predicted octanol–water partition coefficient (Wildman–Crippen LogP) is 3.36. The average Bonchev–Trinajstić information content (AvgIpc) is 2.38. The maximum absolute atomic E-state index is 13.4. The Bertz CT molecular complexity index is 537. The van der Waals surface area contributed by atoms with Gasteiger partial charge in [0, 0.05) is 0 Å². The van der Waals surface area contributed by atoms with Crippen LogP contribution in [0.2, 0.25) is 10.0 Å². The summed E-state index contributed by atoms with van der Waals surface area (Å²) in [5, 5.41) is 11.2. The van der Waals surface area contributed by atoms with Crippen molar-refractivity contribution in [2.75, 3.05) is 0 Å². The van der Waals surface area contributed by atoms with Crippen molar-refractivity contribution in [2.45, 2.75) is 26.3 Å². The van der Waals surface area contributed by atoms with Gasteiger partial charge in [-0.25, -0.2) is 9.18 Å². The van der Waals surface area contributed by atoms with Crippen LogP contribution in [0.25, 0.3) is 0 Å². The molecule has 0 bridgehead atoms. The Balaban J connectivity index is 3.01. The van der Waals surface area contributed by atoms with Crippen molar-refractivity contribution < 1.29 is 19.1 Å². The minimum Gasteiger partial charge on any atom is -0.480 e. The summed E-state index contributed by atoms with van der Waals surface area (Å²) >= 11 is 11.3. The van der Waals surface area contributed by atoms with Crippen LogP contribution in [0.4, 0.5) is 4.39 Å². The third-order valence-corrected chi connectivity index (χ3v) is 3.62. The minimum absolute atomic E-state index is 0.0396. The first-order valence-corrected chi connectivity index (χ1v) is 6.71. The molecule has 1 aromatic rings. The molecule has 2 atom stereocenters. The zero-order valence-corrected chi connectivity index (χ0v) is 12.4. The highest BCUT2D eigenvalue weighted by Crippen LogP contribution is 2.24. The van der Waals surface area contributed by atoms with Crippen LogP contribution in [0.15, 0.2) is 12.1 Å². The highest BCUT2D eigenvalue weighted by molar-refractivity contribution is 6.36. The maximum Gasteiger partial charge on any atom is 0.326 e. The molecule has 0 unspecified atom stereocenters. The number of carbonyl (C=O) groups excluding carboxylic acids is 1. The molecule has 0 saturated carbocycles. The van der Waals surface area contributed by atoms with Crippen LogP contribution in [-0.4, -0.2) is 23.0 Å². The molecule has 2 N–H and O–H groups in total. The fourth-order valence-electron chi connectivity index (χ4n) is 1.60. The first-order valence-electron chi connectivity index (χ1n) is 5.96. The molecular formula is C13H14Cl2FNO3. The Hall–Kier alpha value is -1.33. The van der Waals surface area contributed by atoms with Gasteiger partial charge < -0.3 is 10.4 Å². The molecule has 0 radical (unpaired) electrons. The van der Waals surface area contributed by atoms with Gasteiger partial charge in [0.2, 0.25) is 0 Å². The predicted molar refractivity (Wildman–Crippen MR) is 74.8 cm³/mol. The third-order valence-electron chi connectivity index (χ3n) is 3.02. The van der Waals surface area contributed by atoms with Gasteiger partial charge in [0.05, 0.1) is 15.6 Å². The summed E-state index contributed by atoms with van der Waals surface area (Å²) in [6.07, 6.45) is 0.569. The van der Waals surface area contributed by atoms with Crippen molar-refractivity contribution in [1.29, 1.82) is 0 Å². The second-order valence-corrected chi connectivity index (χ2v) is 5.24. The number of carboxylic acid groups (broad SMARTS) is 1. The summed E-state index contributed by atoms with van der Waals surface area (Å²) in [5.41, 5.74) is -0.150. The minimum atomic E-state index is -1.15. The van der Waals surface area contributed by atoms with Gasteiger partial charge in [-0.15, -0.1) is 0 Å². The molecule has 0 spiro atoms. The molecule has 1 rings (SSSR count). The van der Waals surface area contributed by atoms with Crippen molar-refractivity contribution in [3.63, 3.8) is 0 Å². The number of halogens is 3. The van der Waals surface area contributed by atoms with Crippen molar-refractivity contribution in [2.24, 2.45) is 5.92 Å². The highest BCUT2D eigenvalue weighted by Gasteiger charge is 2.26. The van der Waals surface area contributed by atoms with Gasteiger partial charge in [-0.1, -0.05) is 43.5 Å². The molecule has 0 heterocycles. The van der Waals surface area contributed by atoms with Gasteiger partial charge in [0.25, 0.3) is 5.91 Å². The van der Waals surface area contributed by atoms with Crippen molar-refractivity contribution in [1.82, 2.24) is 5.32 Å². The van der Waals surface area contributed by atoms with Crippen molar-refractivity contribution in [3.8, 4) is 0 Å². The zero-order valence-electron chi connectivity index (χ0n) is 10.9. The normalized spacial score (nSPS) is 13.7. The quantitative estimate of drug-likeness (QED) is 0.817. The van der Waals surface area contributed by atoms with Gasteiger partial charge in [-0.3, -0.25) is 4.79 Å². The highest BCUT2D eigenvalue weighted by atomic mass is 35.5. The van der Waals surface area contributed by atoms with E-state index in [4.69, 9.17) is 28.3 Å². The van der Waals surface area contributed by atoms with E-state index in [1.807, 2.05) is 6.92 Å². The lowest BCUT2D eigenvalue weighted by molar-refractivity contribution is -0.140. The third kappa shape index (κ3) is 3.84.